The average Bonchev–Trinajstić information content (AvgIpc) is 2.92. The molecule has 1 amide bonds. The van der Waals surface area contributed by atoms with Gasteiger partial charge in [-0.25, -0.2) is 9.78 Å². The maximum Gasteiger partial charge on any atom is 0.339 e. The number of rotatable bonds is 6. The molecule has 0 atom stereocenters. The van der Waals surface area contributed by atoms with Crippen LogP contribution in [0.2, 0.25) is 0 Å². The molecule has 1 aliphatic rings. The predicted octanol–water partition coefficient (Wildman–Crippen LogP) is 6.17. The van der Waals surface area contributed by atoms with Crippen LogP contribution in [-0.2, 0) is 9.53 Å². The Hall–Kier alpha value is -3.99. The Kier molecular flexibility index (Phi) is 6.85. The number of hydrogen-bond acceptors (Lipinski definition) is 4. The number of carbonyl (C=O) groups excluding carboxylic acids is 2. The molecule has 1 heterocycles. The summed E-state index contributed by atoms with van der Waals surface area (Å²) in [7, 11) is 0. The zero-order chi connectivity index (χ0) is 24.0. The molecule has 1 aliphatic carbocycles. The van der Waals surface area contributed by atoms with Crippen LogP contribution in [0, 0.1) is 0 Å². The lowest BCUT2D eigenvalue weighted by molar-refractivity contribution is -0.125. The number of benzene rings is 3. The quantitative estimate of drug-likeness (QED) is 0.346. The van der Waals surface area contributed by atoms with Crippen molar-refractivity contribution in [3.05, 3.63) is 90.5 Å². The molecule has 0 saturated heterocycles. The van der Waals surface area contributed by atoms with E-state index in [4.69, 9.17) is 9.72 Å². The van der Waals surface area contributed by atoms with Crippen molar-refractivity contribution in [2.75, 3.05) is 6.61 Å². The van der Waals surface area contributed by atoms with Crippen molar-refractivity contribution in [1.82, 2.24) is 10.3 Å². The van der Waals surface area contributed by atoms with E-state index in [0.717, 1.165) is 42.4 Å². The highest BCUT2D eigenvalue weighted by Gasteiger charge is 2.19. The Labute approximate surface area is 205 Å². The van der Waals surface area contributed by atoms with Crippen LogP contribution in [0.1, 0.15) is 42.5 Å². The van der Waals surface area contributed by atoms with E-state index in [-0.39, 0.29) is 18.6 Å². The Morgan fingerprint density at radius 3 is 2.23 bits per heavy atom. The van der Waals surface area contributed by atoms with E-state index in [1.807, 2.05) is 54.6 Å². The summed E-state index contributed by atoms with van der Waals surface area (Å²) in [6.45, 7) is -0.285. The molecule has 4 aromatic rings. The van der Waals surface area contributed by atoms with Crippen LogP contribution in [0.3, 0.4) is 0 Å². The van der Waals surface area contributed by atoms with E-state index in [9.17, 15) is 9.59 Å². The van der Waals surface area contributed by atoms with Gasteiger partial charge in [-0.1, -0.05) is 92.1 Å². The monoisotopic (exact) mass is 464 g/mol. The van der Waals surface area contributed by atoms with Crippen LogP contribution in [0.4, 0.5) is 0 Å². The zero-order valence-corrected chi connectivity index (χ0v) is 19.6. The third kappa shape index (κ3) is 5.40. The molecule has 0 unspecified atom stereocenters. The molecule has 176 valence electrons. The first-order chi connectivity index (χ1) is 17.2. The summed E-state index contributed by atoms with van der Waals surface area (Å²) in [5.74, 6) is -0.773. The van der Waals surface area contributed by atoms with Crippen molar-refractivity contribution >= 4 is 22.8 Å². The highest BCUT2D eigenvalue weighted by molar-refractivity contribution is 6.05. The first-order valence-electron chi connectivity index (χ1n) is 12.2. The maximum absolute atomic E-state index is 13.0. The Morgan fingerprint density at radius 2 is 1.46 bits per heavy atom. The summed E-state index contributed by atoms with van der Waals surface area (Å²) in [5.41, 5.74) is 4.94. The average molecular weight is 465 g/mol. The second-order valence-corrected chi connectivity index (χ2v) is 8.99. The molecule has 0 radical (unpaired) electrons. The number of hydrogen-bond donors (Lipinski definition) is 1. The largest absolute Gasteiger partial charge is 0.452 e. The van der Waals surface area contributed by atoms with Gasteiger partial charge in [0.1, 0.15) is 0 Å². The van der Waals surface area contributed by atoms with Gasteiger partial charge in [0.15, 0.2) is 6.61 Å². The minimum atomic E-state index is -0.524. The van der Waals surface area contributed by atoms with Crippen LogP contribution in [0.5, 0.6) is 0 Å². The van der Waals surface area contributed by atoms with Crippen LogP contribution >= 0.6 is 0 Å². The first kappa shape index (κ1) is 22.8. The number of esters is 1. The molecule has 0 aliphatic heterocycles. The van der Waals surface area contributed by atoms with Gasteiger partial charge < -0.3 is 10.1 Å². The van der Waals surface area contributed by atoms with Gasteiger partial charge in [-0.3, -0.25) is 4.79 Å². The fourth-order valence-corrected chi connectivity index (χ4v) is 4.68. The second kappa shape index (κ2) is 10.5. The standard InChI is InChI=1S/C30H28N2O3/c33-29(31-24-11-5-2-6-12-24)20-35-30(34)26-19-28(32-27-14-8-7-13-25(26)27)23-17-15-22(16-18-23)21-9-3-1-4-10-21/h1,3-4,7-10,13-19,24H,2,5-6,11-12,20H2,(H,31,33). The minimum absolute atomic E-state index is 0.183. The van der Waals surface area contributed by atoms with Crippen molar-refractivity contribution in [1.29, 1.82) is 0 Å². The summed E-state index contributed by atoms with van der Waals surface area (Å²) in [6.07, 6.45) is 5.45. The normalized spacial score (nSPS) is 13.9. The van der Waals surface area contributed by atoms with E-state index in [1.165, 1.54) is 6.42 Å². The van der Waals surface area contributed by atoms with E-state index >= 15 is 0 Å². The second-order valence-electron chi connectivity index (χ2n) is 8.99. The fourth-order valence-electron chi connectivity index (χ4n) is 4.68. The summed E-state index contributed by atoms with van der Waals surface area (Å²) in [4.78, 5) is 30.2. The van der Waals surface area contributed by atoms with Crippen molar-refractivity contribution in [3.8, 4) is 22.4 Å². The van der Waals surface area contributed by atoms with Gasteiger partial charge >= 0.3 is 5.97 Å². The van der Waals surface area contributed by atoms with Gasteiger partial charge in [-0.05, 0) is 36.1 Å². The van der Waals surface area contributed by atoms with Crippen LogP contribution in [0.15, 0.2) is 84.9 Å². The van der Waals surface area contributed by atoms with E-state index in [1.54, 1.807) is 6.07 Å². The summed E-state index contributed by atoms with van der Waals surface area (Å²) < 4.78 is 5.43. The van der Waals surface area contributed by atoms with Crippen molar-refractivity contribution < 1.29 is 14.3 Å². The maximum atomic E-state index is 13.0. The highest BCUT2D eigenvalue weighted by atomic mass is 16.5. The molecule has 1 fully saturated rings. The first-order valence-corrected chi connectivity index (χ1v) is 12.2. The molecular weight excluding hydrogens is 436 g/mol. The summed E-state index contributed by atoms with van der Waals surface area (Å²) in [5, 5.41) is 3.69. The lowest BCUT2D eigenvalue weighted by Crippen LogP contribution is -2.38. The molecule has 5 nitrogen and oxygen atoms in total. The number of nitrogens with zero attached hydrogens (tertiary/aromatic N) is 1. The number of para-hydroxylation sites is 1. The van der Waals surface area contributed by atoms with Crippen molar-refractivity contribution in [2.24, 2.45) is 0 Å². The molecule has 1 N–H and O–H groups in total. The number of fused-ring (bicyclic) bond motifs is 1. The van der Waals surface area contributed by atoms with Gasteiger partial charge in [-0.15, -0.1) is 0 Å². The number of ether oxygens (including phenoxy) is 1. The van der Waals surface area contributed by atoms with Gasteiger partial charge in [0.2, 0.25) is 0 Å². The molecule has 3 aromatic carbocycles. The predicted molar refractivity (Wildman–Crippen MR) is 138 cm³/mol. The Bertz CT molecular complexity index is 1330. The zero-order valence-electron chi connectivity index (χ0n) is 19.6. The molecular formula is C30H28N2O3. The number of pyridine rings is 1. The van der Waals surface area contributed by atoms with Gasteiger partial charge in [0.25, 0.3) is 5.91 Å². The smallest absolute Gasteiger partial charge is 0.339 e. The lowest BCUT2D eigenvalue weighted by atomic mass is 9.95. The van der Waals surface area contributed by atoms with Gasteiger partial charge in [-0.2, -0.15) is 0 Å². The molecule has 5 rings (SSSR count). The lowest BCUT2D eigenvalue weighted by Gasteiger charge is -2.22. The van der Waals surface area contributed by atoms with E-state index < -0.39 is 5.97 Å². The molecule has 1 aromatic heterocycles. The third-order valence-electron chi connectivity index (χ3n) is 6.53. The summed E-state index contributed by atoms with van der Waals surface area (Å²) in [6, 6.07) is 27.7. The molecule has 0 bridgehead atoms. The van der Waals surface area contributed by atoms with Crippen LogP contribution < -0.4 is 5.32 Å². The number of carbonyl (C=O) groups is 2. The fraction of sp³-hybridized carbons (Fsp3) is 0.233. The highest BCUT2D eigenvalue weighted by Crippen LogP contribution is 2.28. The van der Waals surface area contributed by atoms with Crippen LogP contribution in [0.25, 0.3) is 33.3 Å². The minimum Gasteiger partial charge on any atom is -0.452 e. The molecule has 5 heteroatoms. The van der Waals surface area contributed by atoms with E-state index in [0.29, 0.717) is 22.2 Å². The van der Waals surface area contributed by atoms with Crippen LogP contribution in [-0.4, -0.2) is 29.5 Å². The third-order valence-corrected chi connectivity index (χ3v) is 6.53. The Morgan fingerprint density at radius 1 is 0.800 bits per heavy atom. The van der Waals surface area contributed by atoms with E-state index in [2.05, 4.69) is 29.6 Å². The SMILES string of the molecule is O=C(COC(=O)c1cc(-c2ccc(-c3ccccc3)cc2)nc2ccccc12)NC1CCCCC1. The molecule has 35 heavy (non-hydrogen) atoms. The number of aromatic nitrogens is 1. The number of amides is 1. The van der Waals surface area contributed by atoms with Gasteiger partial charge in [0.05, 0.1) is 16.8 Å². The molecule has 1 saturated carbocycles. The number of nitrogens with one attached hydrogen (secondary N) is 1. The van der Waals surface area contributed by atoms with Crippen molar-refractivity contribution in [2.45, 2.75) is 38.1 Å². The van der Waals surface area contributed by atoms with Gasteiger partial charge in [0, 0.05) is 17.0 Å². The Balaban J connectivity index is 1.36. The molecule has 0 spiro atoms. The van der Waals surface area contributed by atoms with Crippen molar-refractivity contribution in [3.63, 3.8) is 0 Å². The summed E-state index contributed by atoms with van der Waals surface area (Å²) >= 11 is 0. The topological polar surface area (TPSA) is 68.3 Å².